The summed E-state index contributed by atoms with van der Waals surface area (Å²) >= 11 is 0. The molecule has 0 atom stereocenters. The minimum absolute atomic E-state index is 0.0980. The van der Waals surface area contributed by atoms with Crippen molar-refractivity contribution in [3.63, 3.8) is 0 Å². The maximum Gasteiger partial charge on any atom is 0.289 e. The minimum Gasteiger partial charge on any atom is -0.347 e. The zero-order valence-electron chi connectivity index (χ0n) is 17.6. The van der Waals surface area contributed by atoms with E-state index in [0.717, 1.165) is 69.5 Å². The molecule has 2 amide bonds. The van der Waals surface area contributed by atoms with Crippen LogP contribution >= 0.6 is 0 Å². The van der Waals surface area contributed by atoms with Gasteiger partial charge in [-0.15, -0.1) is 10.2 Å². The van der Waals surface area contributed by atoms with Crippen LogP contribution in [0.2, 0.25) is 0 Å². The first-order valence-electron chi connectivity index (χ1n) is 11.1. The molecule has 7 heteroatoms. The molecule has 3 aliphatic rings. The number of benzene rings is 1. The van der Waals surface area contributed by atoms with Gasteiger partial charge in [-0.1, -0.05) is 24.3 Å². The summed E-state index contributed by atoms with van der Waals surface area (Å²) in [6.07, 6.45) is 6.42. The van der Waals surface area contributed by atoms with E-state index in [1.54, 1.807) is 0 Å². The molecule has 2 fully saturated rings. The van der Waals surface area contributed by atoms with Crippen LogP contribution in [-0.4, -0.2) is 50.6 Å². The third kappa shape index (κ3) is 3.73. The van der Waals surface area contributed by atoms with Crippen molar-refractivity contribution in [3.05, 3.63) is 47.0 Å². The van der Waals surface area contributed by atoms with Crippen molar-refractivity contribution in [2.24, 2.45) is 5.41 Å². The second-order valence-corrected chi connectivity index (χ2v) is 9.26. The second-order valence-electron chi connectivity index (χ2n) is 9.26. The highest BCUT2D eigenvalue weighted by atomic mass is 16.2. The van der Waals surface area contributed by atoms with Gasteiger partial charge in [0.15, 0.2) is 0 Å². The molecule has 1 aromatic heterocycles. The molecule has 0 radical (unpaired) electrons. The highest BCUT2D eigenvalue weighted by Crippen LogP contribution is 2.41. The van der Waals surface area contributed by atoms with Crippen LogP contribution in [0.3, 0.4) is 0 Å². The molecule has 1 saturated heterocycles. The predicted molar refractivity (Wildman–Crippen MR) is 112 cm³/mol. The van der Waals surface area contributed by atoms with E-state index >= 15 is 0 Å². The van der Waals surface area contributed by atoms with Crippen LogP contribution in [0.1, 0.15) is 59.7 Å². The highest BCUT2D eigenvalue weighted by Gasteiger charge is 2.41. The Labute approximate surface area is 176 Å². The molecular weight excluding hydrogens is 378 g/mol. The molecule has 1 aliphatic carbocycles. The van der Waals surface area contributed by atoms with Crippen LogP contribution in [0.4, 0.5) is 0 Å². The fraction of sp³-hybridized carbons (Fsp3) is 0.565. The largest absolute Gasteiger partial charge is 0.347 e. The van der Waals surface area contributed by atoms with Crippen LogP contribution in [0, 0.1) is 12.3 Å². The Morgan fingerprint density at radius 3 is 2.63 bits per heavy atom. The quantitative estimate of drug-likeness (QED) is 0.843. The molecule has 7 nitrogen and oxygen atoms in total. The van der Waals surface area contributed by atoms with Gasteiger partial charge in [-0.2, -0.15) is 0 Å². The Bertz CT molecular complexity index is 970. The van der Waals surface area contributed by atoms with Crippen LogP contribution in [0.25, 0.3) is 0 Å². The summed E-state index contributed by atoms with van der Waals surface area (Å²) in [5, 5.41) is 11.5. The normalized spacial score (nSPS) is 20.1. The number of nitrogens with zero attached hydrogens (tertiary/aromatic N) is 4. The molecule has 2 aromatic rings. The summed E-state index contributed by atoms with van der Waals surface area (Å²) in [6, 6.07) is 8.42. The lowest BCUT2D eigenvalue weighted by Gasteiger charge is -2.44. The molecule has 0 unspecified atom stereocenters. The van der Waals surface area contributed by atoms with Gasteiger partial charge in [-0.25, -0.2) is 0 Å². The van der Waals surface area contributed by atoms with Crippen molar-refractivity contribution in [2.75, 3.05) is 13.1 Å². The molecule has 1 aromatic carbocycles. The number of likely N-dealkylation sites (tertiary alicyclic amines) is 1. The number of hydrogen-bond acceptors (Lipinski definition) is 4. The summed E-state index contributed by atoms with van der Waals surface area (Å²) < 4.78 is 2.03. The van der Waals surface area contributed by atoms with Gasteiger partial charge in [-0.05, 0) is 55.6 Å². The number of fused-ring (bicyclic) bond motifs is 1. The van der Waals surface area contributed by atoms with Gasteiger partial charge in [0.05, 0.1) is 6.42 Å². The molecule has 5 rings (SSSR count). The van der Waals surface area contributed by atoms with E-state index in [2.05, 4.69) is 28.5 Å². The van der Waals surface area contributed by atoms with Gasteiger partial charge in [0.1, 0.15) is 5.82 Å². The third-order valence-corrected chi connectivity index (χ3v) is 7.10. The van der Waals surface area contributed by atoms with E-state index in [4.69, 9.17) is 0 Å². The fourth-order valence-corrected chi connectivity index (χ4v) is 4.85. The van der Waals surface area contributed by atoms with Crippen LogP contribution in [-0.2, 0) is 24.2 Å². The topological polar surface area (TPSA) is 80.1 Å². The number of aryl methyl sites for hydroxylation is 2. The number of hydrogen-bond donors (Lipinski definition) is 1. The van der Waals surface area contributed by atoms with Gasteiger partial charge in [0, 0.05) is 32.1 Å². The lowest BCUT2D eigenvalue weighted by Crippen LogP contribution is -2.47. The number of aromatic nitrogens is 3. The van der Waals surface area contributed by atoms with E-state index in [1.165, 1.54) is 5.56 Å². The fourth-order valence-electron chi connectivity index (χ4n) is 4.85. The van der Waals surface area contributed by atoms with E-state index in [0.29, 0.717) is 18.3 Å². The summed E-state index contributed by atoms with van der Waals surface area (Å²) in [5.74, 6) is 1.48. The van der Waals surface area contributed by atoms with Crippen molar-refractivity contribution < 1.29 is 9.59 Å². The van der Waals surface area contributed by atoms with Gasteiger partial charge in [0.2, 0.25) is 11.7 Å². The van der Waals surface area contributed by atoms with Crippen LogP contribution < -0.4 is 5.32 Å². The second kappa shape index (κ2) is 7.52. The molecule has 1 saturated carbocycles. The Kier molecular flexibility index (Phi) is 4.83. The predicted octanol–water partition coefficient (Wildman–Crippen LogP) is 2.28. The smallest absolute Gasteiger partial charge is 0.289 e. The lowest BCUT2D eigenvalue weighted by atomic mass is 9.73. The van der Waals surface area contributed by atoms with E-state index in [-0.39, 0.29) is 17.2 Å². The maximum absolute atomic E-state index is 12.8. The maximum atomic E-state index is 12.8. The molecule has 1 spiro atoms. The monoisotopic (exact) mass is 407 g/mol. The van der Waals surface area contributed by atoms with Crippen molar-refractivity contribution in [1.29, 1.82) is 0 Å². The zero-order chi connectivity index (χ0) is 20.7. The molecule has 30 heavy (non-hydrogen) atoms. The molecule has 1 N–H and O–H groups in total. The zero-order valence-corrected chi connectivity index (χ0v) is 17.6. The molecule has 0 bridgehead atoms. The summed E-state index contributed by atoms with van der Waals surface area (Å²) in [4.78, 5) is 27.4. The number of carbonyl (C=O) groups excluding carboxylic acids is 2. The standard InChI is InChI=1S/C23H29N5O2/c1-16-4-2-3-5-17(16)14-20(29)27-12-10-23(11-13-27)9-8-19-25-26-21(28(19)15-23)22(30)24-18-6-7-18/h2-5,18H,6-15H2,1H3,(H,24,30). The summed E-state index contributed by atoms with van der Waals surface area (Å²) in [6.45, 7) is 4.41. The lowest BCUT2D eigenvalue weighted by molar-refractivity contribution is -0.133. The Morgan fingerprint density at radius 1 is 1.13 bits per heavy atom. The Balaban J connectivity index is 1.23. The van der Waals surface area contributed by atoms with Crippen molar-refractivity contribution in [1.82, 2.24) is 25.0 Å². The highest BCUT2D eigenvalue weighted by molar-refractivity contribution is 5.91. The number of carbonyl (C=O) groups is 2. The third-order valence-electron chi connectivity index (χ3n) is 7.10. The van der Waals surface area contributed by atoms with Crippen molar-refractivity contribution in [2.45, 2.75) is 64.5 Å². The van der Waals surface area contributed by atoms with E-state index in [1.807, 2.05) is 27.7 Å². The molecule has 2 aliphatic heterocycles. The average Bonchev–Trinajstić information content (AvgIpc) is 3.46. The number of piperidine rings is 1. The Hall–Kier alpha value is -2.70. The van der Waals surface area contributed by atoms with E-state index in [9.17, 15) is 9.59 Å². The van der Waals surface area contributed by atoms with Crippen LogP contribution in [0.15, 0.2) is 24.3 Å². The van der Waals surface area contributed by atoms with Gasteiger partial charge in [0.25, 0.3) is 5.91 Å². The van der Waals surface area contributed by atoms with Gasteiger partial charge in [-0.3, -0.25) is 9.59 Å². The van der Waals surface area contributed by atoms with E-state index < -0.39 is 0 Å². The average molecular weight is 408 g/mol. The molecular formula is C23H29N5O2. The number of amides is 2. The first kappa shape index (κ1) is 19.3. The van der Waals surface area contributed by atoms with Gasteiger partial charge < -0.3 is 14.8 Å². The summed E-state index contributed by atoms with van der Waals surface area (Å²) in [5.41, 5.74) is 2.41. The number of nitrogens with one attached hydrogen (secondary N) is 1. The minimum atomic E-state index is -0.0980. The Morgan fingerprint density at radius 2 is 1.90 bits per heavy atom. The molecule has 3 heterocycles. The first-order valence-corrected chi connectivity index (χ1v) is 11.1. The molecule has 158 valence electrons. The number of rotatable bonds is 4. The van der Waals surface area contributed by atoms with Crippen molar-refractivity contribution >= 4 is 11.8 Å². The van der Waals surface area contributed by atoms with Gasteiger partial charge >= 0.3 is 0 Å². The SMILES string of the molecule is Cc1ccccc1CC(=O)N1CCC2(CCc3nnc(C(=O)NC4CC4)n3C2)CC1. The van der Waals surface area contributed by atoms with Crippen molar-refractivity contribution in [3.8, 4) is 0 Å². The summed E-state index contributed by atoms with van der Waals surface area (Å²) in [7, 11) is 0. The first-order chi connectivity index (χ1) is 14.5. The van der Waals surface area contributed by atoms with Crippen LogP contribution in [0.5, 0.6) is 0 Å².